The summed E-state index contributed by atoms with van der Waals surface area (Å²) in [6, 6.07) is -1.88. The van der Waals surface area contributed by atoms with Gasteiger partial charge in [0.1, 0.15) is 12.1 Å². The van der Waals surface area contributed by atoms with Crippen molar-refractivity contribution < 1.29 is 23.1 Å². The fourth-order valence-electron chi connectivity index (χ4n) is 0.873. The third-order valence-electron chi connectivity index (χ3n) is 1.47. The van der Waals surface area contributed by atoms with Gasteiger partial charge in [0.25, 0.3) is 0 Å². The van der Waals surface area contributed by atoms with Crippen molar-refractivity contribution in [3.8, 4) is 0 Å². The molecule has 64 valence electrons. The third kappa shape index (κ3) is 1.62. The number of aliphatic hydroxyl groups excluding tert-OH is 1. The highest BCUT2D eigenvalue weighted by molar-refractivity contribution is 5.83. The van der Waals surface area contributed by atoms with Gasteiger partial charge in [-0.3, -0.25) is 4.79 Å². The van der Waals surface area contributed by atoms with Crippen LogP contribution < -0.4 is 5.32 Å². The first-order chi connectivity index (χ1) is 4.91. The molecule has 0 unspecified atom stereocenters. The molecule has 1 amide bonds. The van der Waals surface area contributed by atoms with Crippen molar-refractivity contribution in [1.82, 2.24) is 5.32 Å². The molecule has 1 heterocycles. The maximum absolute atomic E-state index is 11.8. The Kier molecular flexibility index (Phi) is 1.79. The fraction of sp³-hybridized carbons (Fsp3) is 0.800. The van der Waals surface area contributed by atoms with Gasteiger partial charge >= 0.3 is 6.18 Å². The van der Waals surface area contributed by atoms with Gasteiger partial charge in [0.15, 0.2) is 0 Å². The van der Waals surface area contributed by atoms with E-state index in [4.69, 9.17) is 5.11 Å². The predicted octanol–water partition coefficient (Wildman–Crippen LogP) is -0.202. The average molecular weight is 169 g/mol. The summed E-state index contributed by atoms with van der Waals surface area (Å²) >= 11 is 0. The fourth-order valence-corrected chi connectivity index (χ4v) is 0.873. The van der Waals surface area contributed by atoms with Crippen LogP contribution in [-0.4, -0.2) is 29.3 Å². The van der Waals surface area contributed by atoms with Crippen LogP contribution in [0.4, 0.5) is 13.2 Å². The van der Waals surface area contributed by atoms with Crippen molar-refractivity contribution in [3.05, 3.63) is 0 Å². The van der Waals surface area contributed by atoms with E-state index >= 15 is 0 Å². The number of alkyl halides is 3. The van der Waals surface area contributed by atoms with Gasteiger partial charge in [0.2, 0.25) is 5.91 Å². The summed E-state index contributed by atoms with van der Waals surface area (Å²) in [4.78, 5) is 10.4. The zero-order valence-electron chi connectivity index (χ0n) is 5.35. The minimum Gasteiger partial charge on any atom is -0.383 e. The van der Waals surface area contributed by atoms with Gasteiger partial charge in [-0.1, -0.05) is 0 Å². The molecule has 1 rings (SSSR count). The topological polar surface area (TPSA) is 49.3 Å². The number of aliphatic hydroxyl groups is 1. The Morgan fingerprint density at radius 1 is 1.55 bits per heavy atom. The third-order valence-corrected chi connectivity index (χ3v) is 1.47. The molecule has 0 saturated carbocycles. The lowest BCUT2D eigenvalue weighted by Crippen LogP contribution is -2.38. The van der Waals surface area contributed by atoms with E-state index in [1.807, 2.05) is 0 Å². The van der Waals surface area contributed by atoms with Crippen LogP contribution in [-0.2, 0) is 4.79 Å². The molecule has 0 bridgehead atoms. The van der Waals surface area contributed by atoms with Gasteiger partial charge in [0, 0.05) is 6.42 Å². The van der Waals surface area contributed by atoms with Crippen LogP contribution in [0.5, 0.6) is 0 Å². The number of carbonyl (C=O) groups excluding carboxylic acids is 1. The second kappa shape index (κ2) is 2.37. The lowest BCUT2D eigenvalue weighted by atomic mass is 10.2. The van der Waals surface area contributed by atoms with E-state index in [1.165, 1.54) is 0 Å². The quantitative estimate of drug-likeness (QED) is 0.527. The van der Waals surface area contributed by atoms with Crippen molar-refractivity contribution in [3.63, 3.8) is 0 Å². The van der Waals surface area contributed by atoms with Crippen LogP contribution in [0.2, 0.25) is 0 Å². The zero-order valence-corrected chi connectivity index (χ0v) is 5.35. The summed E-state index contributed by atoms with van der Waals surface area (Å²) in [5, 5.41) is 10.2. The number of rotatable bonds is 0. The number of hydrogen-bond acceptors (Lipinski definition) is 2. The van der Waals surface area contributed by atoms with Crippen LogP contribution in [0.25, 0.3) is 0 Å². The number of nitrogens with one attached hydrogen (secondary N) is 1. The SMILES string of the molecule is O=C1N[C@H](C(F)(F)F)C[C@H]1O. The normalized spacial score (nSPS) is 32.2. The first kappa shape index (κ1) is 8.32. The maximum Gasteiger partial charge on any atom is 0.408 e. The Hall–Kier alpha value is -0.780. The summed E-state index contributed by atoms with van der Waals surface area (Å²) in [7, 11) is 0. The molecule has 0 aromatic heterocycles. The predicted molar refractivity (Wildman–Crippen MR) is 28.6 cm³/mol. The molecule has 1 fully saturated rings. The first-order valence-electron chi connectivity index (χ1n) is 2.96. The van der Waals surface area contributed by atoms with Crippen molar-refractivity contribution in [1.29, 1.82) is 0 Å². The van der Waals surface area contributed by atoms with Crippen molar-refractivity contribution in [2.45, 2.75) is 24.7 Å². The minimum atomic E-state index is -4.45. The van der Waals surface area contributed by atoms with E-state index in [-0.39, 0.29) is 0 Å². The van der Waals surface area contributed by atoms with E-state index in [0.717, 1.165) is 0 Å². The molecule has 0 spiro atoms. The Labute approximate surface area is 60.2 Å². The van der Waals surface area contributed by atoms with Crippen LogP contribution >= 0.6 is 0 Å². The molecule has 2 N–H and O–H groups in total. The van der Waals surface area contributed by atoms with E-state index in [9.17, 15) is 18.0 Å². The van der Waals surface area contributed by atoms with Crippen molar-refractivity contribution in [2.24, 2.45) is 0 Å². The molecule has 1 aliphatic heterocycles. The Balaban J connectivity index is 2.61. The molecule has 3 nitrogen and oxygen atoms in total. The molecule has 0 radical (unpaired) electrons. The van der Waals surface area contributed by atoms with E-state index < -0.39 is 30.7 Å². The van der Waals surface area contributed by atoms with Gasteiger partial charge in [-0.05, 0) is 0 Å². The van der Waals surface area contributed by atoms with E-state index in [0.29, 0.717) is 0 Å². The highest BCUT2D eigenvalue weighted by Gasteiger charge is 2.47. The van der Waals surface area contributed by atoms with E-state index in [1.54, 1.807) is 5.32 Å². The number of halogens is 3. The molecule has 0 aromatic carbocycles. The van der Waals surface area contributed by atoms with Crippen LogP contribution in [0.15, 0.2) is 0 Å². The standard InChI is InChI=1S/C5H6F3NO2/c6-5(7,8)3-1-2(10)4(11)9-3/h2-3,10H,1H2,(H,9,11)/t2-,3+/m1/s1. The smallest absolute Gasteiger partial charge is 0.383 e. The molecule has 0 aromatic rings. The molecule has 0 aliphatic carbocycles. The number of carbonyl (C=O) groups is 1. The molecule has 1 saturated heterocycles. The molecule has 6 heteroatoms. The first-order valence-corrected chi connectivity index (χ1v) is 2.96. The van der Waals surface area contributed by atoms with Crippen LogP contribution in [0.3, 0.4) is 0 Å². The summed E-state index contributed by atoms with van der Waals surface area (Å²) in [5.41, 5.74) is 0. The second-order valence-corrected chi connectivity index (χ2v) is 2.35. The summed E-state index contributed by atoms with van der Waals surface area (Å²) in [5.74, 6) is -0.952. The zero-order chi connectivity index (χ0) is 8.65. The second-order valence-electron chi connectivity index (χ2n) is 2.35. The minimum absolute atomic E-state index is 0.581. The largest absolute Gasteiger partial charge is 0.408 e. The summed E-state index contributed by atoms with van der Waals surface area (Å²) in [6.45, 7) is 0. The molecule has 2 atom stereocenters. The Morgan fingerprint density at radius 3 is 2.27 bits per heavy atom. The van der Waals surface area contributed by atoms with Gasteiger partial charge in [-0.15, -0.1) is 0 Å². The molecule has 11 heavy (non-hydrogen) atoms. The summed E-state index contributed by atoms with van der Waals surface area (Å²) < 4.78 is 35.3. The van der Waals surface area contributed by atoms with Crippen LogP contribution in [0, 0.1) is 0 Å². The van der Waals surface area contributed by atoms with Gasteiger partial charge in [0.05, 0.1) is 0 Å². The Bertz CT molecular complexity index is 179. The number of hydrogen-bond donors (Lipinski definition) is 2. The lowest BCUT2D eigenvalue weighted by Gasteiger charge is -2.12. The molecular formula is C5H6F3NO2. The highest BCUT2D eigenvalue weighted by atomic mass is 19.4. The lowest BCUT2D eigenvalue weighted by molar-refractivity contribution is -0.155. The van der Waals surface area contributed by atoms with Crippen molar-refractivity contribution in [2.75, 3.05) is 0 Å². The van der Waals surface area contributed by atoms with Gasteiger partial charge in [-0.2, -0.15) is 13.2 Å². The van der Waals surface area contributed by atoms with Gasteiger partial charge < -0.3 is 10.4 Å². The van der Waals surface area contributed by atoms with Gasteiger partial charge in [-0.25, -0.2) is 0 Å². The monoisotopic (exact) mass is 169 g/mol. The maximum atomic E-state index is 11.8. The molecular weight excluding hydrogens is 163 g/mol. The Morgan fingerprint density at radius 2 is 2.09 bits per heavy atom. The van der Waals surface area contributed by atoms with E-state index in [2.05, 4.69) is 0 Å². The summed E-state index contributed by atoms with van der Waals surface area (Å²) in [6.07, 6.45) is -6.54. The number of amides is 1. The average Bonchev–Trinajstić information content (AvgIpc) is 2.11. The van der Waals surface area contributed by atoms with Crippen LogP contribution in [0.1, 0.15) is 6.42 Å². The highest BCUT2D eigenvalue weighted by Crippen LogP contribution is 2.26. The van der Waals surface area contributed by atoms with Crippen molar-refractivity contribution >= 4 is 5.91 Å². The molecule has 1 aliphatic rings.